The number of anilines is 1. The molecule has 29 heavy (non-hydrogen) atoms. The van der Waals surface area contributed by atoms with Crippen LogP contribution in [0.5, 0.6) is 0 Å². The van der Waals surface area contributed by atoms with E-state index in [-0.39, 0.29) is 36.9 Å². The van der Waals surface area contributed by atoms with Crippen molar-refractivity contribution in [2.24, 2.45) is 0 Å². The van der Waals surface area contributed by atoms with Crippen molar-refractivity contribution in [1.29, 1.82) is 0 Å². The summed E-state index contributed by atoms with van der Waals surface area (Å²) in [5.41, 5.74) is 2.71. The first-order valence-corrected chi connectivity index (χ1v) is 8.99. The van der Waals surface area contributed by atoms with Gasteiger partial charge in [0.15, 0.2) is 0 Å². The SMILES string of the molecule is COC(=O)C1=C(Nc2ccc(-c3cn4cccnc4n3)cc2)C(=O)N(CCO)C1. The molecule has 2 aromatic heterocycles. The lowest BCUT2D eigenvalue weighted by molar-refractivity contribution is -0.136. The van der Waals surface area contributed by atoms with Crippen molar-refractivity contribution < 1.29 is 19.4 Å². The Morgan fingerprint density at radius 2 is 2.10 bits per heavy atom. The highest BCUT2D eigenvalue weighted by Gasteiger charge is 2.34. The molecule has 4 rings (SSSR count). The Kier molecular flexibility index (Phi) is 4.96. The number of carbonyl (C=O) groups excluding carboxylic acids is 2. The summed E-state index contributed by atoms with van der Waals surface area (Å²) in [7, 11) is 1.27. The number of imidazole rings is 1. The van der Waals surface area contributed by atoms with Crippen LogP contribution in [0.2, 0.25) is 0 Å². The Morgan fingerprint density at radius 1 is 1.31 bits per heavy atom. The standard InChI is InChI=1S/C20H19N5O4/c1-29-19(28)15-11-24(9-10-26)18(27)17(15)22-14-5-3-13(4-6-14)16-12-25-8-2-7-21-20(25)23-16/h2-8,12,22,26H,9-11H2,1H3. The van der Waals surface area contributed by atoms with Crippen molar-refractivity contribution in [2.45, 2.75) is 0 Å². The number of methoxy groups -OCH3 is 1. The second kappa shape index (κ2) is 7.72. The maximum atomic E-state index is 12.6. The van der Waals surface area contributed by atoms with Crippen LogP contribution in [-0.2, 0) is 14.3 Å². The average molecular weight is 393 g/mol. The smallest absolute Gasteiger partial charge is 0.337 e. The van der Waals surface area contributed by atoms with Crippen LogP contribution in [0.15, 0.2) is 60.2 Å². The number of benzene rings is 1. The van der Waals surface area contributed by atoms with Crippen LogP contribution >= 0.6 is 0 Å². The Balaban J connectivity index is 1.58. The van der Waals surface area contributed by atoms with E-state index in [9.17, 15) is 9.59 Å². The minimum Gasteiger partial charge on any atom is -0.466 e. The van der Waals surface area contributed by atoms with E-state index in [1.54, 1.807) is 18.3 Å². The summed E-state index contributed by atoms with van der Waals surface area (Å²) in [5, 5.41) is 12.2. The molecule has 0 spiro atoms. The molecule has 1 aliphatic rings. The molecule has 1 aliphatic heterocycles. The fourth-order valence-corrected chi connectivity index (χ4v) is 3.19. The molecule has 148 valence electrons. The number of ether oxygens (including phenoxy) is 1. The molecule has 0 atom stereocenters. The first kappa shape index (κ1) is 18.6. The molecule has 0 unspecified atom stereocenters. The number of nitrogens with zero attached hydrogens (tertiary/aromatic N) is 4. The summed E-state index contributed by atoms with van der Waals surface area (Å²) in [6.45, 7) is 0.0577. The first-order valence-electron chi connectivity index (χ1n) is 8.99. The highest BCUT2D eigenvalue weighted by atomic mass is 16.5. The molecule has 9 heteroatoms. The van der Waals surface area contributed by atoms with Gasteiger partial charge in [0, 0.05) is 36.4 Å². The van der Waals surface area contributed by atoms with Crippen LogP contribution in [0.4, 0.5) is 5.69 Å². The van der Waals surface area contributed by atoms with Gasteiger partial charge in [0.25, 0.3) is 5.91 Å². The maximum Gasteiger partial charge on any atom is 0.337 e. The maximum absolute atomic E-state index is 12.6. The number of rotatable bonds is 6. The van der Waals surface area contributed by atoms with Crippen LogP contribution in [0.1, 0.15) is 0 Å². The van der Waals surface area contributed by atoms with Crippen molar-refractivity contribution >= 4 is 23.3 Å². The van der Waals surface area contributed by atoms with Gasteiger partial charge in [0.1, 0.15) is 5.70 Å². The normalized spacial score (nSPS) is 14.0. The third-order valence-electron chi connectivity index (χ3n) is 4.64. The number of hydrogen-bond acceptors (Lipinski definition) is 7. The predicted molar refractivity (Wildman–Crippen MR) is 105 cm³/mol. The molecule has 3 heterocycles. The molecular weight excluding hydrogens is 374 g/mol. The number of esters is 1. The lowest BCUT2D eigenvalue weighted by Crippen LogP contribution is -2.31. The van der Waals surface area contributed by atoms with Crippen molar-refractivity contribution in [1.82, 2.24) is 19.3 Å². The van der Waals surface area contributed by atoms with Gasteiger partial charge in [-0.25, -0.2) is 14.8 Å². The van der Waals surface area contributed by atoms with E-state index < -0.39 is 5.97 Å². The van der Waals surface area contributed by atoms with Crippen LogP contribution in [0.25, 0.3) is 17.0 Å². The molecule has 0 aliphatic carbocycles. The van der Waals surface area contributed by atoms with Gasteiger partial charge in [-0.15, -0.1) is 0 Å². The van der Waals surface area contributed by atoms with E-state index in [0.717, 1.165) is 11.3 Å². The van der Waals surface area contributed by atoms with Gasteiger partial charge in [-0.1, -0.05) is 12.1 Å². The van der Waals surface area contributed by atoms with E-state index in [1.807, 2.05) is 35.0 Å². The van der Waals surface area contributed by atoms with Crippen LogP contribution < -0.4 is 5.32 Å². The molecule has 0 radical (unpaired) electrons. The molecule has 0 saturated heterocycles. The fourth-order valence-electron chi connectivity index (χ4n) is 3.19. The topological polar surface area (TPSA) is 109 Å². The highest BCUT2D eigenvalue weighted by molar-refractivity contribution is 6.08. The minimum atomic E-state index is -0.574. The molecule has 0 bridgehead atoms. The Hall–Kier alpha value is -3.72. The number of nitrogens with one attached hydrogen (secondary N) is 1. The molecule has 1 amide bonds. The number of aliphatic hydroxyl groups is 1. The molecule has 9 nitrogen and oxygen atoms in total. The van der Waals surface area contributed by atoms with Gasteiger partial charge in [0.2, 0.25) is 5.78 Å². The predicted octanol–water partition coefficient (Wildman–Crippen LogP) is 1.07. The monoisotopic (exact) mass is 393 g/mol. The summed E-state index contributed by atoms with van der Waals surface area (Å²) in [6.07, 6.45) is 5.44. The summed E-state index contributed by atoms with van der Waals surface area (Å²) >= 11 is 0. The molecule has 1 aromatic carbocycles. The van der Waals surface area contributed by atoms with Crippen molar-refractivity contribution in [2.75, 3.05) is 32.1 Å². The van der Waals surface area contributed by atoms with Crippen molar-refractivity contribution in [3.63, 3.8) is 0 Å². The number of carbonyl (C=O) groups is 2. The number of aromatic nitrogens is 3. The fraction of sp³-hybridized carbons (Fsp3) is 0.200. The van der Waals surface area contributed by atoms with Gasteiger partial charge in [-0.3, -0.25) is 9.20 Å². The van der Waals surface area contributed by atoms with Gasteiger partial charge < -0.3 is 20.1 Å². The number of fused-ring (bicyclic) bond motifs is 1. The Labute approximate surface area is 166 Å². The van der Waals surface area contributed by atoms with E-state index in [1.165, 1.54) is 12.0 Å². The lowest BCUT2D eigenvalue weighted by Gasteiger charge is -2.15. The highest BCUT2D eigenvalue weighted by Crippen LogP contribution is 2.25. The third-order valence-corrected chi connectivity index (χ3v) is 4.64. The van der Waals surface area contributed by atoms with Gasteiger partial charge in [-0.05, 0) is 18.2 Å². The molecule has 3 aromatic rings. The number of β-amino-alcohol motifs (C(OH)–C–C–N with tert-alkyl or cyclic N) is 1. The molecular formula is C20H19N5O4. The number of amides is 1. The first-order chi connectivity index (χ1) is 14.1. The zero-order chi connectivity index (χ0) is 20.4. The van der Waals surface area contributed by atoms with Gasteiger partial charge >= 0.3 is 5.97 Å². The zero-order valence-electron chi connectivity index (χ0n) is 15.7. The second-order valence-electron chi connectivity index (χ2n) is 6.45. The van der Waals surface area contributed by atoms with E-state index in [0.29, 0.717) is 11.5 Å². The summed E-state index contributed by atoms with van der Waals surface area (Å²) < 4.78 is 6.62. The zero-order valence-corrected chi connectivity index (χ0v) is 15.7. The molecule has 0 fully saturated rings. The summed E-state index contributed by atoms with van der Waals surface area (Å²) in [6, 6.07) is 9.17. The number of hydrogen-bond donors (Lipinski definition) is 2. The van der Waals surface area contributed by atoms with E-state index in [2.05, 4.69) is 15.3 Å². The van der Waals surface area contributed by atoms with Crippen LogP contribution in [0, 0.1) is 0 Å². The Morgan fingerprint density at radius 3 is 2.79 bits per heavy atom. The third kappa shape index (κ3) is 3.55. The lowest BCUT2D eigenvalue weighted by atomic mass is 10.1. The van der Waals surface area contributed by atoms with Crippen molar-refractivity contribution in [3.05, 3.63) is 60.2 Å². The molecule has 0 saturated carbocycles. The minimum absolute atomic E-state index is 0.0979. The van der Waals surface area contributed by atoms with Crippen LogP contribution in [-0.4, -0.2) is 63.1 Å². The Bertz CT molecular complexity index is 1070. The van der Waals surface area contributed by atoms with Gasteiger partial charge in [0.05, 0.1) is 31.5 Å². The van der Waals surface area contributed by atoms with Crippen LogP contribution in [0.3, 0.4) is 0 Å². The van der Waals surface area contributed by atoms with E-state index >= 15 is 0 Å². The number of aliphatic hydroxyl groups excluding tert-OH is 1. The second-order valence-corrected chi connectivity index (χ2v) is 6.45. The van der Waals surface area contributed by atoms with Crippen molar-refractivity contribution in [3.8, 4) is 11.3 Å². The molecule has 2 N–H and O–H groups in total. The summed E-state index contributed by atoms with van der Waals surface area (Å²) in [4.78, 5) is 34.7. The van der Waals surface area contributed by atoms with Gasteiger partial charge in [-0.2, -0.15) is 0 Å². The summed E-state index contributed by atoms with van der Waals surface area (Å²) in [5.74, 6) is -0.317. The average Bonchev–Trinajstić information content (AvgIpc) is 3.31. The van der Waals surface area contributed by atoms with E-state index in [4.69, 9.17) is 9.84 Å². The quantitative estimate of drug-likeness (QED) is 0.603. The largest absolute Gasteiger partial charge is 0.466 e.